The van der Waals surface area contributed by atoms with Crippen LogP contribution in [-0.4, -0.2) is 14.6 Å². The van der Waals surface area contributed by atoms with E-state index in [0.29, 0.717) is 0 Å². The molecular weight excluding hydrogens is 372 g/mol. The zero-order chi connectivity index (χ0) is 21.8. The molecule has 0 saturated carbocycles. The Kier molecular flexibility index (Phi) is 8.22. The van der Waals surface area contributed by atoms with Crippen molar-refractivity contribution in [2.75, 3.05) is 0 Å². The average molecular weight is 414 g/mol. The highest BCUT2D eigenvalue weighted by molar-refractivity contribution is 6.49. The molecule has 1 aromatic carbocycles. The van der Waals surface area contributed by atoms with Gasteiger partial charge in [-0.3, -0.25) is 0 Å². The number of hydrogen-bond acceptors (Lipinski definition) is 2. The van der Waals surface area contributed by atoms with E-state index in [1.165, 1.54) is 33.4 Å². The first kappa shape index (κ1) is 23.8. The van der Waals surface area contributed by atoms with Gasteiger partial charge in [0.2, 0.25) is 0 Å². The van der Waals surface area contributed by atoms with E-state index in [1.807, 2.05) is 0 Å². The standard InChI is InChI=1S/C26H41O2Si/c1-18(2)12-10-13-19(3)14-11-16-26(7)17-15-23-22(6)24(28-29(8)9)20(4)21(5)25(23)27-26/h12,14H,10-11,13,15-17H2,1-9H3. The smallest absolute Gasteiger partial charge is 0.274 e. The Hall–Kier alpha value is -1.48. The fraction of sp³-hybridized carbons (Fsp3) is 0.615. The molecule has 29 heavy (non-hydrogen) atoms. The van der Waals surface area contributed by atoms with Gasteiger partial charge in [0.25, 0.3) is 9.04 Å². The molecule has 0 fully saturated rings. The van der Waals surface area contributed by atoms with Crippen molar-refractivity contribution in [1.29, 1.82) is 0 Å². The molecule has 1 unspecified atom stereocenters. The monoisotopic (exact) mass is 413 g/mol. The van der Waals surface area contributed by atoms with E-state index >= 15 is 0 Å². The molecule has 1 heterocycles. The van der Waals surface area contributed by atoms with Crippen LogP contribution in [0.4, 0.5) is 0 Å². The molecule has 0 amide bonds. The maximum atomic E-state index is 6.68. The molecular formula is C26H41O2Si. The third-order valence-electron chi connectivity index (χ3n) is 6.13. The van der Waals surface area contributed by atoms with Crippen molar-refractivity contribution in [1.82, 2.24) is 0 Å². The predicted octanol–water partition coefficient (Wildman–Crippen LogP) is 7.80. The van der Waals surface area contributed by atoms with Crippen molar-refractivity contribution >= 4 is 9.04 Å². The molecule has 1 radical (unpaired) electrons. The van der Waals surface area contributed by atoms with Gasteiger partial charge in [0, 0.05) is 5.56 Å². The summed E-state index contributed by atoms with van der Waals surface area (Å²) in [5.74, 6) is 2.22. The fourth-order valence-electron chi connectivity index (χ4n) is 4.13. The van der Waals surface area contributed by atoms with Crippen molar-refractivity contribution in [2.24, 2.45) is 0 Å². The average Bonchev–Trinajstić information content (AvgIpc) is 2.63. The molecule has 161 valence electrons. The zero-order valence-corrected chi connectivity index (χ0v) is 21.2. The maximum Gasteiger partial charge on any atom is 0.274 e. The highest BCUT2D eigenvalue weighted by Crippen LogP contribution is 2.45. The summed E-state index contributed by atoms with van der Waals surface area (Å²) in [4.78, 5) is 0. The lowest BCUT2D eigenvalue weighted by Gasteiger charge is -2.38. The first-order valence-electron chi connectivity index (χ1n) is 11.1. The van der Waals surface area contributed by atoms with Crippen LogP contribution in [0.2, 0.25) is 13.1 Å². The summed E-state index contributed by atoms with van der Waals surface area (Å²) < 4.78 is 12.9. The molecule has 1 atom stereocenters. The van der Waals surface area contributed by atoms with Crippen molar-refractivity contribution < 1.29 is 9.16 Å². The largest absolute Gasteiger partial charge is 0.542 e. The third-order valence-corrected chi connectivity index (χ3v) is 6.74. The first-order chi connectivity index (χ1) is 13.5. The summed E-state index contributed by atoms with van der Waals surface area (Å²) in [6, 6.07) is 0. The third kappa shape index (κ3) is 6.25. The van der Waals surface area contributed by atoms with Crippen LogP contribution in [0.1, 0.15) is 82.1 Å². The van der Waals surface area contributed by atoms with Crippen LogP contribution >= 0.6 is 0 Å². The molecule has 1 aromatic rings. The van der Waals surface area contributed by atoms with E-state index in [1.54, 1.807) is 0 Å². The Morgan fingerprint density at radius 1 is 1.03 bits per heavy atom. The molecule has 1 aliphatic rings. The molecule has 1 aliphatic heterocycles. The van der Waals surface area contributed by atoms with Gasteiger partial charge in [0.05, 0.1) is 0 Å². The normalized spacial score (nSPS) is 19.0. The Morgan fingerprint density at radius 2 is 1.72 bits per heavy atom. The van der Waals surface area contributed by atoms with Gasteiger partial charge < -0.3 is 9.16 Å². The SMILES string of the molecule is CC(C)=CCCC(C)=CCCC1(C)CCc2c(C)c(O[Si](C)C)c(C)c(C)c2O1. The second-order valence-electron chi connectivity index (χ2n) is 9.48. The van der Waals surface area contributed by atoms with Gasteiger partial charge >= 0.3 is 0 Å². The quantitative estimate of drug-likeness (QED) is 0.320. The predicted molar refractivity (Wildman–Crippen MR) is 128 cm³/mol. The molecule has 2 rings (SSSR count). The number of allylic oxidation sites excluding steroid dienone is 4. The van der Waals surface area contributed by atoms with Crippen LogP contribution in [0.3, 0.4) is 0 Å². The minimum Gasteiger partial charge on any atom is -0.542 e. The van der Waals surface area contributed by atoms with E-state index in [-0.39, 0.29) is 5.60 Å². The fourth-order valence-corrected chi connectivity index (χ4v) is 4.84. The van der Waals surface area contributed by atoms with E-state index in [2.05, 4.69) is 73.7 Å². The van der Waals surface area contributed by atoms with Gasteiger partial charge in [0.15, 0.2) is 0 Å². The van der Waals surface area contributed by atoms with Gasteiger partial charge in [-0.1, -0.05) is 23.3 Å². The van der Waals surface area contributed by atoms with E-state index < -0.39 is 9.04 Å². The molecule has 3 heteroatoms. The van der Waals surface area contributed by atoms with Gasteiger partial charge in [-0.15, -0.1) is 0 Å². The number of ether oxygens (including phenoxy) is 1. The number of rotatable bonds is 8. The summed E-state index contributed by atoms with van der Waals surface area (Å²) >= 11 is 0. The number of fused-ring (bicyclic) bond motifs is 1. The van der Waals surface area contributed by atoms with Crippen LogP contribution in [0.15, 0.2) is 23.3 Å². The summed E-state index contributed by atoms with van der Waals surface area (Å²) in [5, 5.41) is 0. The summed E-state index contributed by atoms with van der Waals surface area (Å²) in [6.45, 7) is 19.8. The van der Waals surface area contributed by atoms with Crippen molar-refractivity contribution in [3.05, 3.63) is 45.6 Å². The lowest BCUT2D eigenvalue weighted by atomic mass is 9.85. The van der Waals surface area contributed by atoms with Crippen LogP contribution in [-0.2, 0) is 6.42 Å². The molecule has 0 bridgehead atoms. The molecule has 0 saturated heterocycles. The van der Waals surface area contributed by atoms with Gasteiger partial charge in [0.1, 0.15) is 17.1 Å². The first-order valence-corrected chi connectivity index (χ1v) is 13.5. The maximum absolute atomic E-state index is 6.68. The van der Waals surface area contributed by atoms with Gasteiger partial charge in [-0.2, -0.15) is 0 Å². The summed E-state index contributed by atoms with van der Waals surface area (Å²) in [6.07, 6.45) is 11.3. The van der Waals surface area contributed by atoms with Crippen LogP contribution in [0, 0.1) is 20.8 Å². The summed E-state index contributed by atoms with van der Waals surface area (Å²) in [5.41, 5.74) is 7.95. The van der Waals surface area contributed by atoms with E-state index in [0.717, 1.165) is 50.0 Å². The number of hydrogen-bond donors (Lipinski definition) is 0. The summed E-state index contributed by atoms with van der Waals surface area (Å²) in [7, 11) is -0.778. The Morgan fingerprint density at radius 3 is 2.34 bits per heavy atom. The minimum atomic E-state index is -0.778. The molecule has 0 aliphatic carbocycles. The van der Waals surface area contributed by atoms with Crippen LogP contribution < -0.4 is 9.16 Å². The zero-order valence-electron chi connectivity index (χ0n) is 20.2. The van der Waals surface area contributed by atoms with Gasteiger partial charge in [-0.25, -0.2) is 0 Å². The lowest BCUT2D eigenvalue weighted by Crippen LogP contribution is -2.37. The second-order valence-corrected chi connectivity index (χ2v) is 11.5. The molecule has 2 nitrogen and oxygen atoms in total. The van der Waals surface area contributed by atoms with Crippen LogP contribution in [0.5, 0.6) is 11.5 Å². The molecule has 0 aromatic heterocycles. The minimum absolute atomic E-state index is 0.0832. The Bertz CT molecular complexity index is 785. The second kappa shape index (κ2) is 10.0. The Balaban J connectivity index is 2.10. The van der Waals surface area contributed by atoms with E-state index in [4.69, 9.17) is 9.16 Å². The van der Waals surface area contributed by atoms with Gasteiger partial charge in [-0.05, 0) is 117 Å². The van der Waals surface area contributed by atoms with Crippen molar-refractivity contribution in [2.45, 2.75) is 106 Å². The topological polar surface area (TPSA) is 18.5 Å². The number of benzene rings is 1. The molecule has 0 N–H and O–H groups in total. The van der Waals surface area contributed by atoms with Crippen molar-refractivity contribution in [3.8, 4) is 11.5 Å². The van der Waals surface area contributed by atoms with E-state index in [9.17, 15) is 0 Å². The molecule has 0 spiro atoms. The highest BCUT2D eigenvalue weighted by Gasteiger charge is 2.34. The Labute approximate surface area is 181 Å². The lowest BCUT2D eigenvalue weighted by molar-refractivity contribution is 0.0559. The highest BCUT2D eigenvalue weighted by atomic mass is 28.3. The van der Waals surface area contributed by atoms with Crippen molar-refractivity contribution in [3.63, 3.8) is 0 Å². The van der Waals surface area contributed by atoms with Crippen LogP contribution in [0.25, 0.3) is 0 Å².